The first-order valence-electron chi connectivity index (χ1n) is 4.67. The molecule has 0 saturated carbocycles. The van der Waals surface area contributed by atoms with Gasteiger partial charge >= 0.3 is 0 Å². The molecule has 1 aromatic carbocycles. The predicted molar refractivity (Wildman–Crippen MR) is 71.6 cm³/mol. The fourth-order valence-corrected chi connectivity index (χ4v) is 2.48. The van der Waals surface area contributed by atoms with Crippen LogP contribution in [0.3, 0.4) is 0 Å². The number of hydrogen-bond donors (Lipinski definition) is 0. The molecule has 80 valence electrons. The Labute approximate surface area is 103 Å². The molecule has 0 atom stereocenters. The SMILES string of the molecule is C=CSc1nc2ccccc2nc1SC=C. The van der Waals surface area contributed by atoms with Crippen LogP contribution in [-0.4, -0.2) is 9.97 Å². The van der Waals surface area contributed by atoms with Crippen LogP contribution in [-0.2, 0) is 0 Å². The van der Waals surface area contributed by atoms with Crippen LogP contribution in [0.15, 0.2) is 58.3 Å². The van der Waals surface area contributed by atoms with E-state index in [0.717, 1.165) is 21.1 Å². The van der Waals surface area contributed by atoms with Crippen molar-refractivity contribution >= 4 is 34.6 Å². The first kappa shape index (κ1) is 11.2. The van der Waals surface area contributed by atoms with Crippen molar-refractivity contribution < 1.29 is 0 Å². The van der Waals surface area contributed by atoms with Gasteiger partial charge in [0.2, 0.25) is 0 Å². The number of hydrogen-bond acceptors (Lipinski definition) is 4. The Morgan fingerprint density at radius 3 is 1.69 bits per heavy atom. The predicted octanol–water partition coefficient (Wildman–Crippen LogP) is 4.10. The monoisotopic (exact) mass is 246 g/mol. The summed E-state index contributed by atoms with van der Waals surface area (Å²) in [6.07, 6.45) is 0. The highest BCUT2D eigenvalue weighted by Gasteiger charge is 2.07. The normalized spacial score (nSPS) is 10.2. The van der Waals surface area contributed by atoms with E-state index >= 15 is 0 Å². The van der Waals surface area contributed by atoms with Crippen LogP contribution in [0.5, 0.6) is 0 Å². The number of benzene rings is 1. The Kier molecular flexibility index (Phi) is 3.64. The molecule has 0 N–H and O–H groups in total. The first-order valence-corrected chi connectivity index (χ1v) is 6.43. The van der Waals surface area contributed by atoms with Gasteiger partial charge < -0.3 is 0 Å². The molecule has 0 aliphatic heterocycles. The zero-order chi connectivity index (χ0) is 11.4. The minimum absolute atomic E-state index is 0.874. The minimum Gasteiger partial charge on any atom is -0.237 e. The number of thioether (sulfide) groups is 2. The average Bonchev–Trinajstić information content (AvgIpc) is 2.30. The number of fused-ring (bicyclic) bond motifs is 1. The van der Waals surface area contributed by atoms with Gasteiger partial charge in [0.15, 0.2) is 0 Å². The molecule has 0 aliphatic carbocycles. The molecule has 0 radical (unpaired) electrons. The largest absolute Gasteiger partial charge is 0.237 e. The quantitative estimate of drug-likeness (QED) is 0.758. The maximum Gasteiger partial charge on any atom is 0.134 e. The lowest BCUT2D eigenvalue weighted by molar-refractivity contribution is 0.976. The molecule has 1 heterocycles. The molecule has 16 heavy (non-hydrogen) atoms. The zero-order valence-electron chi connectivity index (χ0n) is 8.59. The Hall–Kier alpha value is -1.26. The van der Waals surface area contributed by atoms with Gasteiger partial charge in [-0.15, -0.1) is 0 Å². The van der Waals surface area contributed by atoms with Crippen LogP contribution in [0.2, 0.25) is 0 Å². The summed E-state index contributed by atoms with van der Waals surface area (Å²) >= 11 is 2.96. The molecular formula is C12H10N2S2. The topological polar surface area (TPSA) is 25.8 Å². The van der Waals surface area contributed by atoms with Gasteiger partial charge in [-0.05, 0) is 22.9 Å². The highest BCUT2D eigenvalue weighted by atomic mass is 32.2. The van der Waals surface area contributed by atoms with Gasteiger partial charge in [0, 0.05) is 0 Å². The summed E-state index contributed by atoms with van der Waals surface area (Å²) in [6, 6.07) is 7.83. The fourth-order valence-electron chi connectivity index (χ4n) is 1.28. The number of rotatable bonds is 4. The maximum atomic E-state index is 4.54. The summed E-state index contributed by atoms with van der Waals surface area (Å²) in [6.45, 7) is 7.39. The summed E-state index contributed by atoms with van der Waals surface area (Å²) < 4.78 is 0. The van der Waals surface area contributed by atoms with Gasteiger partial charge in [0.25, 0.3) is 0 Å². The van der Waals surface area contributed by atoms with E-state index in [9.17, 15) is 0 Å². The minimum atomic E-state index is 0.874. The Bertz CT molecular complexity index is 489. The second-order valence-electron chi connectivity index (χ2n) is 2.89. The standard InChI is InChI=1S/C12H10N2S2/c1-3-15-11-12(16-4-2)14-10-8-6-5-7-9(10)13-11/h3-8H,1-2H2. The van der Waals surface area contributed by atoms with E-state index in [-0.39, 0.29) is 0 Å². The van der Waals surface area contributed by atoms with E-state index in [2.05, 4.69) is 23.1 Å². The van der Waals surface area contributed by atoms with Crippen LogP contribution >= 0.6 is 23.5 Å². The van der Waals surface area contributed by atoms with Gasteiger partial charge in [-0.1, -0.05) is 48.8 Å². The lowest BCUT2D eigenvalue weighted by Crippen LogP contribution is -1.90. The van der Waals surface area contributed by atoms with Gasteiger partial charge in [-0.25, -0.2) is 9.97 Å². The van der Waals surface area contributed by atoms with Crippen LogP contribution in [0.4, 0.5) is 0 Å². The first-order chi connectivity index (χ1) is 7.85. The van der Waals surface area contributed by atoms with Crippen LogP contribution in [0.25, 0.3) is 11.0 Å². The zero-order valence-corrected chi connectivity index (χ0v) is 10.2. The Morgan fingerprint density at radius 1 is 0.875 bits per heavy atom. The third kappa shape index (κ3) is 2.28. The number of nitrogens with zero attached hydrogens (tertiary/aromatic N) is 2. The highest BCUT2D eigenvalue weighted by molar-refractivity contribution is 8.05. The van der Waals surface area contributed by atoms with E-state index in [1.807, 2.05) is 24.3 Å². The Morgan fingerprint density at radius 2 is 1.31 bits per heavy atom. The van der Waals surface area contributed by atoms with Gasteiger partial charge in [-0.2, -0.15) is 0 Å². The van der Waals surface area contributed by atoms with Crippen molar-refractivity contribution in [3.8, 4) is 0 Å². The molecule has 2 rings (SSSR count). The van der Waals surface area contributed by atoms with Crippen molar-refractivity contribution in [3.63, 3.8) is 0 Å². The molecule has 4 heteroatoms. The van der Waals surface area contributed by atoms with Gasteiger partial charge in [0.05, 0.1) is 11.0 Å². The number of aromatic nitrogens is 2. The lowest BCUT2D eigenvalue weighted by Gasteiger charge is -2.04. The average molecular weight is 246 g/mol. The van der Waals surface area contributed by atoms with E-state index in [1.54, 1.807) is 10.8 Å². The highest BCUT2D eigenvalue weighted by Crippen LogP contribution is 2.30. The van der Waals surface area contributed by atoms with Gasteiger partial charge in [0.1, 0.15) is 10.1 Å². The summed E-state index contributed by atoms with van der Waals surface area (Å²) in [5.41, 5.74) is 1.81. The molecule has 0 saturated heterocycles. The summed E-state index contributed by atoms with van der Waals surface area (Å²) in [7, 11) is 0. The molecule has 2 aromatic rings. The fraction of sp³-hybridized carbons (Fsp3) is 0. The summed E-state index contributed by atoms with van der Waals surface area (Å²) in [5.74, 6) is 0. The Balaban J connectivity index is 2.60. The molecular weight excluding hydrogens is 236 g/mol. The van der Waals surface area contributed by atoms with Gasteiger partial charge in [-0.3, -0.25) is 0 Å². The summed E-state index contributed by atoms with van der Waals surface area (Å²) in [5, 5.41) is 5.26. The van der Waals surface area contributed by atoms with Crippen molar-refractivity contribution in [1.29, 1.82) is 0 Å². The van der Waals surface area contributed by atoms with Crippen molar-refractivity contribution in [2.24, 2.45) is 0 Å². The summed E-state index contributed by atoms with van der Waals surface area (Å²) in [4.78, 5) is 9.09. The molecule has 0 fully saturated rings. The lowest BCUT2D eigenvalue weighted by atomic mass is 10.3. The third-order valence-electron chi connectivity index (χ3n) is 1.90. The molecule has 0 bridgehead atoms. The molecule has 2 nitrogen and oxygen atoms in total. The second-order valence-corrected chi connectivity index (χ2v) is 4.80. The second kappa shape index (κ2) is 5.18. The van der Waals surface area contributed by atoms with Crippen molar-refractivity contribution in [3.05, 3.63) is 48.2 Å². The van der Waals surface area contributed by atoms with E-state index in [0.29, 0.717) is 0 Å². The van der Waals surface area contributed by atoms with Crippen molar-refractivity contribution in [1.82, 2.24) is 9.97 Å². The van der Waals surface area contributed by atoms with E-state index in [1.165, 1.54) is 23.5 Å². The smallest absolute Gasteiger partial charge is 0.134 e. The maximum absolute atomic E-state index is 4.54. The number of para-hydroxylation sites is 2. The van der Waals surface area contributed by atoms with Crippen molar-refractivity contribution in [2.45, 2.75) is 10.1 Å². The van der Waals surface area contributed by atoms with Crippen LogP contribution in [0, 0.1) is 0 Å². The van der Waals surface area contributed by atoms with Crippen molar-refractivity contribution in [2.75, 3.05) is 0 Å². The molecule has 0 spiro atoms. The molecule has 0 unspecified atom stereocenters. The van der Waals surface area contributed by atoms with Crippen LogP contribution in [0.1, 0.15) is 0 Å². The third-order valence-corrected chi connectivity index (χ3v) is 3.38. The molecule has 1 aromatic heterocycles. The molecule has 0 aliphatic rings. The van der Waals surface area contributed by atoms with E-state index in [4.69, 9.17) is 0 Å². The van der Waals surface area contributed by atoms with E-state index < -0.39 is 0 Å². The molecule has 0 amide bonds. The van der Waals surface area contributed by atoms with Crippen LogP contribution < -0.4 is 0 Å².